The van der Waals surface area contributed by atoms with E-state index in [9.17, 15) is 9.18 Å². The molecule has 1 N–H and O–H groups in total. The van der Waals surface area contributed by atoms with Crippen LogP contribution in [0.3, 0.4) is 0 Å². The van der Waals surface area contributed by atoms with Crippen LogP contribution in [0.4, 0.5) is 4.39 Å². The summed E-state index contributed by atoms with van der Waals surface area (Å²) in [5.41, 5.74) is 0.458. The molecule has 0 atom stereocenters. The van der Waals surface area contributed by atoms with E-state index >= 15 is 0 Å². The summed E-state index contributed by atoms with van der Waals surface area (Å²) in [6, 6.07) is 14.0. The SMILES string of the molecule is CC(C)(NC(=O)c1sc2cc(F)ccc2c1Cl)c1ccccc1. The molecule has 118 valence electrons. The highest BCUT2D eigenvalue weighted by Gasteiger charge is 2.26. The largest absolute Gasteiger partial charge is 0.342 e. The first-order chi connectivity index (χ1) is 10.9. The van der Waals surface area contributed by atoms with Crippen LogP contribution in [0.5, 0.6) is 0 Å². The second kappa shape index (κ2) is 5.95. The lowest BCUT2D eigenvalue weighted by Gasteiger charge is -2.26. The van der Waals surface area contributed by atoms with Gasteiger partial charge in [-0.2, -0.15) is 0 Å². The van der Waals surface area contributed by atoms with E-state index in [4.69, 9.17) is 11.6 Å². The quantitative estimate of drug-likeness (QED) is 0.679. The first-order valence-electron chi connectivity index (χ1n) is 7.14. The fraction of sp³-hybridized carbons (Fsp3) is 0.167. The van der Waals surface area contributed by atoms with Crippen molar-refractivity contribution < 1.29 is 9.18 Å². The van der Waals surface area contributed by atoms with Crippen molar-refractivity contribution in [1.29, 1.82) is 0 Å². The van der Waals surface area contributed by atoms with Gasteiger partial charge in [-0.3, -0.25) is 4.79 Å². The molecule has 0 aliphatic heterocycles. The zero-order valence-corrected chi connectivity index (χ0v) is 14.3. The third-order valence-corrected chi connectivity index (χ3v) is 5.38. The number of rotatable bonds is 3. The van der Waals surface area contributed by atoms with Crippen LogP contribution in [0.25, 0.3) is 10.1 Å². The summed E-state index contributed by atoms with van der Waals surface area (Å²) in [6.07, 6.45) is 0. The average Bonchev–Trinajstić information content (AvgIpc) is 2.84. The van der Waals surface area contributed by atoms with Crippen LogP contribution in [0.2, 0.25) is 5.02 Å². The van der Waals surface area contributed by atoms with Crippen molar-refractivity contribution >= 4 is 38.9 Å². The Morgan fingerprint density at radius 2 is 1.87 bits per heavy atom. The molecule has 0 saturated heterocycles. The van der Waals surface area contributed by atoms with Gasteiger partial charge in [0.15, 0.2) is 0 Å². The average molecular weight is 348 g/mol. The molecule has 0 radical (unpaired) electrons. The lowest BCUT2D eigenvalue weighted by molar-refractivity contribution is 0.0916. The minimum Gasteiger partial charge on any atom is -0.342 e. The van der Waals surface area contributed by atoms with Gasteiger partial charge < -0.3 is 5.32 Å². The molecule has 0 aliphatic carbocycles. The smallest absolute Gasteiger partial charge is 0.263 e. The summed E-state index contributed by atoms with van der Waals surface area (Å²) in [6.45, 7) is 3.86. The minimum atomic E-state index is -0.539. The summed E-state index contributed by atoms with van der Waals surface area (Å²) in [4.78, 5) is 13.0. The number of carbonyl (C=O) groups excluding carboxylic acids is 1. The van der Waals surface area contributed by atoms with Crippen molar-refractivity contribution in [3.63, 3.8) is 0 Å². The number of thiophene rings is 1. The van der Waals surface area contributed by atoms with Gasteiger partial charge in [0.1, 0.15) is 10.7 Å². The van der Waals surface area contributed by atoms with Crippen molar-refractivity contribution in [3.8, 4) is 0 Å². The fourth-order valence-electron chi connectivity index (χ4n) is 2.45. The van der Waals surface area contributed by atoms with Crippen LogP contribution < -0.4 is 5.32 Å². The van der Waals surface area contributed by atoms with Gasteiger partial charge in [0, 0.05) is 10.1 Å². The van der Waals surface area contributed by atoms with E-state index in [0.717, 1.165) is 5.56 Å². The van der Waals surface area contributed by atoms with Crippen molar-refractivity contribution in [1.82, 2.24) is 5.32 Å². The fourth-order valence-corrected chi connectivity index (χ4v) is 3.89. The van der Waals surface area contributed by atoms with Crippen molar-refractivity contribution in [2.24, 2.45) is 0 Å². The molecule has 0 spiro atoms. The number of halogens is 2. The van der Waals surface area contributed by atoms with E-state index in [1.807, 2.05) is 44.2 Å². The molecule has 3 rings (SSSR count). The Morgan fingerprint density at radius 1 is 1.17 bits per heavy atom. The van der Waals surface area contributed by atoms with Gasteiger partial charge in [0.25, 0.3) is 5.91 Å². The van der Waals surface area contributed by atoms with Crippen LogP contribution in [0.15, 0.2) is 48.5 Å². The summed E-state index contributed by atoms with van der Waals surface area (Å²) in [5, 5.41) is 4.06. The number of amides is 1. The van der Waals surface area contributed by atoms with E-state index in [-0.39, 0.29) is 11.7 Å². The monoisotopic (exact) mass is 347 g/mol. The predicted octanol–water partition coefficient (Wildman–Crippen LogP) is 5.36. The van der Waals surface area contributed by atoms with Crippen LogP contribution in [-0.2, 0) is 5.54 Å². The Morgan fingerprint density at radius 3 is 2.57 bits per heavy atom. The lowest BCUT2D eigenvalue weighted by atomic mass is 9.94. The van der Waals surface area contributed by atoms with E-state index in [2.05, 4.69) is 5.32 Å². The zero-order valence-electron chi connectivity index (χ0n) is 12.7. The van der Waals surface area contributed by atoms with Crippen molar-refractivity contribution in [3.05, 3.63) is 69.8 Å². The molecule has 0 saturated carbocycles. The molecule has 0 unspecified atom stereocenters. The molecule has 5 heteroatoms. The number of benzene rings is 2. The van der Waals surface area contributed by atoms with Crippen LogP contribution in [-0.4, -0.2) is 5.91 Å². The molecule has 0 fully saturated rings. The third kappa shape index (κ3) is 3.09. The van der Waals surface area contributed by atoms with E-state index in [0.29, 0.717) is 20.0 Å². The third-order valence-electron chi connectivity index (χ3n) is 3.72. The van der Waals surface area contributed by atoms with Gasteiger partial charge in [0.05, 0.1) is 10.6 Å². The molecule has 0 aliphatic rings. The summed E-state index contributed by atoms with van der Waals surface area (Å²) >= 11 is 7.50. The zero-order chi connectivity index (χ0) is 16.6. The molecule has 23 heavy (non-hydrogen) atoms. The van der Waals surface area contributed by atoms with E-state index < -0.39 is 5.54 Å². The van der Waals surface area contributed by atoms with E-state index in [1.165, 1.54) is 23.5 Å². The highest BCUT2D eigenvalue weighted by molar-refractivity contribution is 7.21. The maximum Gasteiger partial charge on any atom is 0.263 e. The number of hydrogen-bond acceptors (Lipinski definition) is 2. The number of fused-ring (bicyclic) bond motifs is 1. The number of carbonyl (C=O) groups is 1. The van der Waals surface area contributed by atoms with Gasteiger partial charge in [0.2, 0.25) is 0 Å². The maximum absolute atomic E-state index is 13.3. The molecule has 1 amide bonds. The predicted molar refractivity (Wildman–Crippen MR) is 93.7 cm³/mol. The standard InChI is InChI=1S/C18H15ClFNOS/c1-18(2,11-6-4-3-5-7-11)21-17(22)16-15(19)13-9-8-12(20)10-14(13)23-16/h3-10H,1-2H3,(H,21,22). The topological polar surface area (TPSA) is 29.1 Å². The molecule has 0 bridgehead atoms. The first kappa shape index (κ1) is 16.0. The molecule has 2 nitrogen and oxygen atoms in total. The minimum absolute atomic E-state index is 0.259. The number of nitrogens with one attached hydrogen (secondary N) is 1. The van der Waals surface area contributed by atoms with Crippen molar-refractivity contribution in [2.75, 3.05) is 0 Å². The van der Waals surface area contributed by atoms with Crippen LogP contribution in [0.1, 0.15) is 29.1 Å². The highest BCUT2D eigenvalue weighted by atomic mass is 35.5. The Kier molecular flexibility index (Phi) is 4.13. The second-order valence-corrected chi connectivity index (χ2v) is 7.26. The maximum atomic E-state index is 13.3. The second-order valence-electron chi connectivity index (χ2n) is 5.83. The van der Waals surface area contributed by atoms with Gasteiger partial charge in [-0.15, -0.1) is 11.3 Å². The van der Waals surface area contributed by atoms with Gasteiger partial charge in [-0.25, -0.2) is 4.39 Å². The van der Waals surface area contributed by atoms with E-state index in [1.54, 1.807) is 6.07 Å². The molecule has 3 aromatic rings. The molecule has 1 aromatic heterocycles. The Labute approximate surface area is 142 Å². The number of hydrogen-bond donors (Lipinski definition) is 1. The molecule has 1 heterocycles. The van der Waals surface area contributed by atoms with Crippen LogP contribution in [0, 0.1) is 5.82 Å². The molecular weight excluding hydrogens is 333 g/mol. The summed E-state index contributed by atoms with van der Waals surface area (Å²) < 4.78 is 14.0. The van der Waals surface area contributed by atoms with Crippen LogP contribution >= 0.6 is 22.9 Å². The highest BCUT2D eigenvalue weighted by Crippen LogP contribution is 2.36. The summed E-state index contributed by atoms with van der Waals surface area (Å²) in [5.74, 6) is -0.600. The molecule has 2 aromatic carbocycles. The first-order valence-corrected chi connectivity index (χ1v) is 8.33. The Bertz CT molecular complexity index is 873. The lowest BCUT2D eigenvalue weighted by Crippen LogP contribution is -2.40. The Balaban J connectivity index is 1.93. The summed E-state index contributed by atoms with van der Waals surface area (Å²) in [7, 11) is 0. The van der Waals surface area contributed by atoms with Gasteiger partial charge in [-0.05, 0) is 37.6 Å². The molecular formula is C18H15ClFNOS. The van der Waals surface area contributed by atoms with Gasteiger partial charge in [-0.1, -0.05) is 41.9 Å². The van der Waals surface area contributed by atoms with Gasteiger partial charge >= 0.3 is 0 Å². The van der Waals surface area contributed by atoms with Crippen molar-refractivity contribution in [2.45, 2.75) is 19.4 Å². The Hall–Kier alpha value is -1.91. The normalized spacial score (nSPS) is 11.7.